The monoisotopic (exact) mass is 363 g/mol. The van der Waals surface area contributed by atoms with E-state index in [2.05, 4.69) is 5.32 Å². The summed E-state index contributed by atoms with van der Waals surface area (Å²) in [5, 5.41) is 2.35. The quantitative estimate of drug-likeness (QED) is 0.711. The number of esters is 1. The molecular formula is C17H21N3O6. The Morgan fingerprint density at radius 1 is 1.27 bits per heavy atom. The van der Waals surface area contributed by atoms with Gasteiger partial charge in [-0.05, 0) is 12.1 Å². The Morgan fingerprint density at radius 2 is 1.96 bits per heavy atom. The second kappa shape index (κ2) is 8.32. The van der Waals surface area contributed by atoms with E-state index in [-0.39, 0.29) is 24.9 Å². The normalized spacial score (nSPS) is 15.3. The summed E-state index contributed by atoms with van der Waals surface area (Å²) < 4.78 is 10.5. The number of hydrogen-bond donors (Lipinski definition) is 1. The first-order chi connectivity index (χ1) is 12.3. The van der Waals surface area contributed by atoms with E-state index in [1.807, 2.05) is 0 Å². The van der Waals surface area contributed by atoms with Crippen LogP contribution in [0.5, 0.6) is 5.75 Å². The van der Waals surface area contributed by atoms with Gasteiger partial charge in [0.25, 0.3) is 5.91 Å². The van der Waals surface area contributed by atoms with Crippen molar-refractivity contribution in [3.05, 3.63) is 24.3 Å². The lowest BCUT2D eigenvalue weighted by Gasteiger charge is -2.33. The standard InChI is InChI=1S/C17H21N3O6/c1-11(21)20-9-14(26-13-7-5-4-6-12(13)20)17(24)25-10-15(22)18-8-16(23)19(2)3/h4-7,14H,8-10H2,1-3H3,(H,18,22)/t14-/m1/s1. The zero-order chi connectivity index (χ0) is 19.3. The second-order valence-electron chi connectivity index (χ2n) is 5.88. The van der Waals surface area contributed by atoms with E-state index in [1.165, 1.54) is 16.7 Å². The number of carbonyl (C=O) groups excluding carboxylic acids is 4. The average Bonchev–Trinajstić information content (AvgIpc) is 2.62. The van der Waals surface area contributed by atoms with Crippen LogP contribution in [0.15, 0.2) is 24.3 Å². The molecule has 1 aliphatic rings. The molecule has 0 saturated heterocycles. The number of para-hydroxylation sites is 2. The predicted molar refractivity (Wildman–Crippen MR) is 91.5 cm³/mol. The largest absolute Gasteiger partial charge is 0.475 e. The number of carbonyl (C=O) groups is 4. The van der Waals surface area contributed by atoms with Crippen LogP contribution in [0.4, 0.5) is 5.69 Å². The van der Waals surface area contributed by atoms with Gasteiger partial charge in [0, 0.05) is 21.0 Å². The maximum atomic E-state index is 12.2. The van der Waals surface area contributed by atoms with E-state index in [0.29, 0.717) is 11.4 Å². The highest BCUT2D eigenvalue weighted by Gasteiger charge is 2.33. The van der Waals surface area contributed by atoms with Crippen LogP contribution in [0.2, 0.25) is 0 Å². The van der Waals surface area contributed by atoms with E-state index in [0.717, 1.165) is 0 Å². The van der Waals surface area contributed by atoms with Crippen molar-refractivity contribution in [1.82, 2.24) is 10.2 Å². The number of anilines is 1. The smallest absolute Gasteiger partial charge is 0.349 e. The molecule has 9 nitrogen and oxygen atoms in total. The molecule has 0 unspecified atom stereocenters. The molecule has 1 atom stereocenters. The number of rotatable bonds is 5. The molecule has 0 radical (unpaired) electrons. The van der Waals surface area contributed by atoms with E-state index in [4.69, 9.17) is 9.47 Å². The highest BCUT2D eigenvalue weighted by atomic mass is 16.6. The third kappa shape index (κ3) is 4.71. The molecule has 26 heavy (non-hydrogen) atoms. The molecule has 1 N–H and O–H groups in total. The second-order valence-corrected chi connectivity index (χ2v) is 5.88. The fourth-order valence-corrected chi connectivity index (χ4v) is 2.27. The molecule has 0 spiro atoms. The molecule has 9 heteroatoms. The van der Waals surface area contributed by atoms with Crippen molar-refractivity contribution in [3.63, 3.8) is 0 Å². The number of nitrogens with zero attached hydrogens (tertiary/aromatic N) is 2. The van der Waals surface area contributed by atoms with E-state index < -0.39 is 24.6 Å². The van der Waals surface area contributed by atoms with Crippen molar-refractivity contribution in [3.8, 4) is 5.75 Å². The van der Waals surface area contributed by atoms with Gasteiger partial charge in [-0.2, -0.15) is 0 Å². The molecule has 0 fully saturated rings. The number of benzene rings is 1. The first kappa shape index (κ1) is 19.2. The zero-order valence-corrected chi connectivity index (χ0v) is 14.9. The Balaban J connectivity index is 1.91. The molecule has 2 rings (SSSR count). The SMILES string of the molecule is CC(=O)N1C[C@H](C(=O)OCC(=O)NCC(=O)N(C)C)Oc2ccccc21. The van der Waals surface area contributed by atoms with Crippen LogP contribution in [-0.2, 0) is 23.9 Å². The number of nitrogens with one attached hydrogen (secondary N) is 1. The zero-order valence-electron chi connectivity index (χ0n) is 14.9. The Kier molecular flexibility index (Phi) is 6.16. The van der Waals surface area contributed by atoms with Crippen molar-refractivity contribution >= 4 is 29.4 Å². The summed E-state index contributed by atoms with van der Waals surface area (Å²) in [6.07, 6.45) is -1.04. The van der Waals surface area contributed by atoms with Gasteiger partial charge in [-0.15, -0.1) is 0 Å². The predicted octanol–water partition coefficient (Wildman–Crippen LogP) is -0.452. The Bertz CT molecular complexity index is 718. The topological polar surface area (TPSA) is 105 Å². The lowest BCUT2D eigenvalue weighted by atomic mass is 10.2. The number of hydrogen-bond acceptors (Lipinski definition) is 6. The molecule has 140 valence electrons. The highest BCUT2D eigenvalue weighted by molar-refractivity contribution is 5.95. The first-order valence-corrected chi connectivity index (χ1v) is 7.97. The number of fused-ring (bicyclic) bond motifs is 1. The maximum Gasteiger partial charge on any atom is 0.349 e. The van der Waals surface area contributed by atoms with Crippen LogP contribution < -0.4 is 15.0 Å². The molecule has 0 bridgehead atoms. The highest BCUT2D eigenvalue weighted by Crippen LogP contribution is 2.33. The Morgan fingerprint density at radius 3 is 2.62 bits per heavy atom. The maximum absolute atomic E-state index is 12.2. The van der Waals surface area contributed by atoms with E-state index >= 15 is 0 Å². The Hall–Kier alpha value is -3.10. The lowest BCUT2D eigenvalue weighted by molar-refractivity contribution is -0.155. The van der Waals surface area contributed by atoms with Crippen molar-refractivity contribution in [2.75, 3.05) is 38.7 Å². The molecule has 3 amide bonds. The van der Waals surface area contributed by atoms with Crippen molar-refractivity contribution in [2.45, 2.75) is 13.0 Å². The third-order valence-corrected chi connectivity index (χ3v) is 3.70. The minimum absolute atomic E-state index is 0.00802. The van der Waals surface area contributed by atoms with Gasteiger partial charge in [0.15, 0.2) is 6.61 Å². The van der Waals surface area contributed by atoms with Crippen LogP contribution in [-0.4, -0.2) is 68.5 Å². The van der Waals surface area contributed by atoms with Gasteiger partial charge in [-0.1, -0.05) is 12.1 Å². The van der Waals surface area contributed by atoms with Gasteiger partial charge < -0.3 is 24.6 Å². The van der Waals surface area contributed by atoms with E-state index in [1.54, 1.807) is 38.4 Å². The molecular weight excluding hydrogens is 342 g/mol. The van der Waals surface area contributed by atoms with E-state index in [9.17, 15) is 19.2 Å². The van der Waals surface area contributed by atoms with Crippen LogP contribution in [0.25, 0.3) is 0 Å². The average molecular weight is 363 g/mol. The van der Waals surface area contributed by atoms with Gasteiger partial charge in [0.1, 0.15) is 5.75 Å². The fourth-order valence-electron chi connectivity index (χ4n) is 2.27. The van der Waals surface area contributed by atoms with Crippen LogP contribution >= 0.6 is 0 Å². The van der Waals surface area contributed by atoms with Crippen molar-refractivity contribution < 1.29 is 28.7 Å². The lowest BCUT2D eigenvalue weighted by Crippen LogP contribution is -2.47. The summed E-state index contributed by atoms with van der Waals surface area (Å²) in [6, 6.07) is 6.84. The Labute approximate surface area is 150 Å². The summed E-state index contributed by atoms with van der Waals surface area (Å²) in [5.41, 5.74) is 0.573. The third-order valence-electron chi connectivity index (χ3n) is 3.70. The number of amides is 3. The van der Waals surface area contributed by atoms with Gasteiger partial charge >= 0.3 is 5.97 Å². The fraction of sp³-hybridized carbons (Fsp3) is 0.412. The molecule has 0 aromatic heterocycles. The molecule has 1 aliphatic heterocycles. The summed E-state index contributed by atoms with van der Waals surface area (Å²) >= 11 is 0. The van der Waals surface area contributed by atoms with Crippen molar-refractivity contribution in [2.24, 2.45) is 0 Å². The summed E-state index contributed by atoms with van der Waals surface area (Å²) in [6.45, 7) is 0.654. The van der Waals surface area contributed by atoms with Crippen LogP contribution in [0, 0.1) is 0 Å². The molecule has 1 aromatic carbocycles. The first-order valence-electron chi connectivity index (χ1n) is 7.97. The minimum Gasteiger partial charge on any atom is -0.475 e. The van der Waals surface area contributed by atoms with Gasteiger partial charge in [0.05, 0.1) is 18.8 Å². The molecule has 0 aliphatic carbocycles. The molecule has 0 saturated carbocycles. The van der Waals surface area contributed by atoms with Gasteiger partial charge in [0.2, 0.25) is 17.9 Å². The number of ether oxygens (including phenoxy) is 2. The van der Waals surface area contributed by atoms with Gasteiger partial charge in [-0.25, -0.2) is 4.79 Å². The summed E-state index contributed by atoms with van der Waals surface area (Å²) in [4.78, 5) is 49.8. The summed E-state index contributed by atoms with van der Waals surface area (Å²) in [5.74, 6) is -1.50. The molecule has 1 heterocycles. The number of likely N-dealkylation sites (N-methyl/N-ethyl adjacent to an activating group) is 1. The minimum atomic E-state index is -1.04. The summed E-state index contributed by atoms with van der Waals surface area (Å²) in [7, 11) is 3.13. The molecule has 1 aromatic rings. The van der Waals surface area contributed by atoms with Crippen LogP contribution in [0.3, 0.4) is 0 Å². The van der Waals surface area contributed by atoms with Crippen molar-refractivity contribution in [1.29, 1.82) is 0 Å². The van der Waals surface area contributed by atoms with Crippen LogP contribution in [0.1, 0.15) is 6.92 Å². The van der Waals surface area contributed by atoms with Gasteiger partial charge in [-0.3, -0.25) is 14.4 Å².